The van der Waals surface area contributed by atoms with Crippen molar-refractivity contribution in [3.8, 4) is 5.75 Å². The molecule has 0 saturated carbocycles. The van der Waals surface area contributed by atoms with Crippen LogP contribution in [-0.4, -0.2) is 20.2 Å². The van der Waals surface area contributed by atoms with Crippen molar-refractivity contribution < 1.29 is 13.5 Å². The molecule has 0 aliphatic heterocycles. The third kappa shape index (κ3) is 4.57. The quantitative estimate of drug-likeness (QED) is 0.726. The molecule has 1 rings (SSSR count). The molecule has 0 radical (unpaired) electrons. The molecule has 0 fully saturated rings. The lowest BCUT2D eigenvalue weighted by molar-refractivity contribution is 0.302. The number of halogens is 2. The summed E-state index contributed by atoms with van der Waals surface area (Å²) in [5.74, 6) is -1.33. The zero-order valence-corrected chi connectivity index (χ0v) is 9.43. The van der Waals surface area contributed by atoms with Crippen LogP contribution < -0.4 is 10.1 Å². The summed E-state index contributed by atoms with van der Waals surface area (Å²) < 4.78 is 30.7. The minimum atomic E-state index is -0.868. The Bertz CT molecular complexity index is 318. The molecule has 0 heterocycles. The molecule has 0 amide bonds. The average Bonchev–Trinajstić information content (AvgIpc) is 2.28. The fourth-order valence-electron chi connectivity index (χ4n) is 1.34. The van der Waals surface area contributed by atoms with Crippen molar-refractivity contribution in [2.24, 2.45) is 0 Å². The topological polar surface area (TPSA) is 21.3 Å². The van der Waals surface area contributed by atoms with Crippen molar-refractivity contribution >= 4 is 0 Å². The van der Waals surface area contributed by atoms with Crippen LogP contribution >= 0.6 is 0 Å². The molecule has 1 aromatic rings. The maximum Gasteiger partial charge on any atom is 0.162 e. The summed E-state index contributed by atoms with van der Waals surface area (Å²) in [6.07, 6.45) is 3.07. The lowest BCUT2D eigenvalue weighted by atomic mass is 10.2. The summed E-state index contributed by atoms with van der Waals surface area (Å²) in [6.45, 7) is 1.53. The molecule has 4 heteroatoms. The Morgan fingerprint density at radius 1 is 1.12 bits per heavy atom. The van der Waals surface area contributed by atoms with Gasteiger partial charge in [0.05, 0.1) is 6.61 Å². The first-order valence-electron chi connectivity index (χ1n) is 5.46. The zero-order chi connectivity index (χ0) is 11.8. The van der Waals surface area contributed by atoms with Gasteiger partial charge < -0.3 is 10.1 Å². The van der Waals surface area contributed by atoms with Crippen LogP contribution in [0.3, 0.4) is 0 Å². The number of rotatable bonds is 7. The molecule has 0 aliphatic rings. The van der Waals surface area contributed by atoms with Gasteiger partial charge in [-0.3, -0.25) is 0 Å². The number of ether oxygens (including phenoxy) is 1. The van der Waals surface area contributed by atoms with Gasteiger partial charge in [-0.05, 0) is 45.0 Å². The summed E-state index contributed by atoms with van der Waals surface area (Å²) >= 11 is 0. The molecule has 0 spiro atoms. The van der Waals surface area contributed by atoms with Crippen LogP contribution in [0.25, 0.3) is 0 Å². The van der Waals surface area contributed by atoms with Crippen molar-refractivity contribution in [1.82, 2.24) is 5.32 Å². The van der Waals surface area contributed by atoms with Crippen LogP contribution in [0.4, 0.5) is 8.78 Å². The van der Waals surface area contributed by atoms with E-state index in [1.165, 1.54) is 6.07 Å². The minimum Gasteiger partial charge on any atom is -0.493 e. The first kappa shape index (κ1) is 12.9. The molecule has 0 atom stereocenters. The Morgan fingerprint density at radius 2 is 1.94 bits per heavy atom. The number of hydrogen-bond acceptors (Lipinski definition) is 2. The second kappa shape index (κ2) is 7.17. The number of hydrogen-bond donors (Lipinski definition) is 1. The number of nitrogens with one attached hydrogen (secondary N) is 1. The third-order valence-corrected chi connectivity index (χ3v) is 2.23. The van der Waals surface area contributed by atoms with Crippen LogP contribution in [0.15, 0.2) is 18.2 Å². The standard InChI is InChI=1S/C12H17F2NO/c1-15-7-3-2-4-8-16-10-5-6-11(13)12(14)9-10/h5-6,9,15H,2-4,7-8H2,1H3. The van der Waals surface area contributed by atoms with E-state index >= 15 is 0 Å². The monoisotopic (exact) mass is 229 g/mol. The van der Waals surface area contributed by atoms with E-state index in [9.17, 15) is 8.78 Å². The Labute approximate surface area is 94.6 Å². The summed E-state index contributed by atoms with van der Waals surface area (Å²) in [5, 5.41) is 3.06. The lowest BCUT2D eigenvalue weighted by Gasteiger charge is -2.06. The van der Waals surface area contributed by atoms with E-state index in [0.717, 1.165) is 37.9 Å². The van der Waals surface area contributed by atoms with Gasteiger partial charge in [-0.2, -0.15) is 0 Å². The van der Waals surface area contributed by atoms with Crippen molar-refractivity contribution in [3.63, 3.8) is 0 Å². The first-order chi connectivity index (χ1) is 7.74. The highest BCUT2D eigenvalue weighted by atomic mass is 19.2. The van der Waals surface area contributed by atoms with Gasteiger partial charge >= 0.3 is 0 Å². The van der Waals surface area contributed by atoms with E-state index < -0.39 is 11.6 Å². The van der Waals surface area contributed by atoms with Gasteiger partial charge in [0.15, 0.2) is 11.6 Å². The summed E-state index contributed by atoms with van der Waals surface area (Å²) in [7, 11) is 1.91. The molecule has 0 aliphatic carbocycles. The molecule has 1 N–H and O–H groups in total. The third-order valence-electron chi connectivity index (χ3n) is 2.23. The summed E-state index contributed by atoms with van der Waals surface area (Å²) in [6, 6.07) is 3.58. The Kier molecular flexibility index (Phi) is 5.78. The van der Waals surface area contributed by atoms with E-state index in [1.807, 2.05) is 7.05 Å². The molecule has 16 heavy (non-hydrogen) atoms. The van der Waals surface area contributed by atoms with E-state index in [2.05, 4.69) is 5.32 Å². The van der Waals surface area contributed by atoms with E-state index in [0.29, 0.717) is 12.4 Å². The van der Waals surface area contributed by atoms with E-state index in [-0.39, 0.29) is 0 Å². The largest absolute Gasteiger partial charge is 0.493 e. The highest BCUT2D eigenvalue weighted by molar-refractivity contribution is 5.23. The minimum absolute atomic E-state index is 0.382. The molecule has 90 valence electrons. The molecule has 1 aromatic carbocycles. The van der Waals surface area contributed by atoms with Gasteiger partial charge in [0.1, 0.15) is 5.75 Å². The Balaban J connectivity index is 2.19. The normalized spacial score (nSPS) is 10.4. The smallest absolute Gasteiger partial charge is 0.162 e. The van der Waals surface area contributed by atoms with Crippen molar-refractivity contribution in [1.29, 1.82) is 0 Å². The molecule has 0 bridgehead atoms. The maximum absolute atomic E-state index is 12.8. The van der Waals surface area contributed by atoms with Gasteiger partial charge in [-0.1, -0.05) is 0 Å². The molecular weight excluding hydrogens is 212 g/mol. The SMILES string of the molecule is CNCCCCCOc1ccc(F)c(F)c1. The van der Waals surface area contributed by atoms with Crippen LogP contribution in [0.1, 0.15) is 19.3 Å². The maximum atomic E-state index is 12.8. The first-order valence-corrected chi connectivity index (χ1v) is 5.46. The fourth-order valence-corrected chi connectivity index (χ4v) is 1.34. The van der Waals surface area contributed by atoms with E-state index in [4.69, 9.17) is 4.74 Å². The molecule has 2 nitrogen and oxygen atoms in total. The van der Waals surface area contributed by atoms with Crippen LogP contribution in [0, 0.1) is 11.6 Å². The number of benzene rings is 1. The second-order valence-electron chi connectivity index (χ2n) is 3.59. The van der Waals surface area contributed by atoms with Crippen molar-refractivity contribution in [2.45, 2.75) is 19.3 Å². The fraction of sp³-hybridized carbons (Fsp3) is 0.500. The van der Waals surface area contributed by atoms with Gasteiger partial charge in [0.2, 0.25) is 0 Å². The highest BCUT2D eigenvalue weighted by Gasteiger charge is 2.02. The lowest BCUT2D eigenvalue weighted by Crippen LogP contribution is -2.07. The van der Waals surface area contributed by atoms with Gasteiger partial charge in [0, 0.05) is 6.07 Å². The predicted molar refractivity (Wildman–Crippen MR) is 59.6 cm³/mol. The van der Waals surface area contributed by atoms with Gasteiger partial charge in [-0.15, -0.1) is 0 Å². The Morgan fingerprint density at radius 3 is 2.62 bits per heavy atom. The Hall–Kier alpha value is -1.16. The van der Waals surface area contributed by atoms with Crippen molar-refractivity contribution in [2.75, 3.05) is 20.2 Å². The van der Waals surface area contributed by atoms with E-state index in [1.54, 1.807) is 0 Å². The molecule has 0 unspecified atom stereocenters. The second-order valence-corrected chi connectivity index (χ2v) is 3.59. The van der Waals surface area contributed by atoms with Gasteiger partial charge in [-0.25, -0.2) is 8.78 Å². The number of unbranched alkanes of at least 4 members (excludes halogenated alkanes) is 2. The average molecular weight is 229 g/mol. The zero-order valence-electron chi connectivity index (χ0n) is 9.43. The van der Waals surface area contributed by atoms with Crippen LogP contribution in [0.2, 0.25) is 0 Å². The molecule has 0 saturated heterocycles. The van der Waals surface area contributed by atoms with Crippen molar-refractivity contribution in [3.05, 3.63) is 29.8 Å². The molecular formula is C12H17F2NO. The highest BCUT2D eigenvalue weighted by Crippen LogP contribution is 2.15. The summed E-state index contributed by atoms with van der Waals surface area (Å²) in [4.78, 5) is 0. The van der Waals surface area contributed by atoms with Crippen LogP contribution in [0.5, 0.6) is 5.75 Å². The van der Waals surface area contributed by atoms with Gasteiger partial charge in [0.25, 0.3) is 0 Å². The molecule has 0 aromatic heterocycles. The predicted octanol–water partition coefficient (Wildman–Crippen LogP) is 2.73. The summed E-state index contributed by atoms with van der Waals surface area (Å²) in [5.41, 5.74) is 0. The van der Waals surface area contributed by atoms with Crippen LogP contribution in [-0.2, 0) is 0 Å².